The van der Waals surface area contributed by atoms with Crippen LogP contribution >= 0.6 is 22.3 Å². The van der Waals surface area contributed by atoms with E-state index in [9.17, 15) is 17.6 Å². The molecule has 0 bridgehead atoms. The molecule has 1 aromatic carbocycles. The molecule has 1 rings (SSSR count). The summed E-state index contributed by atoms with van der Waals surface area (Å²) in [7, 11) is 0.766. The molecule has 0 amide bonds. The normalized spacial score (nSPS) is 13.3. The molecule has 1 unspecified atom stereocenters. The third kappa shape index (κ3) is 4.07. The van der Waals surface area contributed by atoms with Gasteiger partial charge in [-0.1, -0.05) is 25.4 Å². The molecule has 20 heavy (non-hydrogen) atoms. The molecule has 0 N–H and O–H groups in total. The van der Waals surface area contributed by atoms with Gasteiger partial charge in [-0.05, 0) is 25.0 Å². The fourth-order valence-corrected chi connectivity index (χ4v) is 2.37. The molecular weight excluding hydrogens is 330 g/mol. The van der Waals surface area contributed by atoms with Gasteiger partial charge in [0.15, 0.2) is 0 Å². The van der Waals surface area contributed by atoms with E-state index in [1.807, 2.05) is 13.8 Å². The molecule has 1 aromatic rings. The second-order valence-electron chi connectivity index (χ2n) is 4.55. The Balaban J connectivity index is 3.22. The van der Waals surface area contributed by atoms with Gasteiger partial charge in [0.2, 0.25) is 0 Å². The SMILES string of the molecule is CC(C)C(C)OC(=O)c1cc(S(=O)(=O)Cl)c(F)cc1Cl. The zero-order valence-corrected chi connectivity index (χ0v) is 13.3. The van der Waals surface area contributed by atoms with Gasteiger partial charge in [0.25, 0.3) is 9.05 Å². The van der Waals surface area contributed by atoms with Crippen molar-refractivity contribution >= 4 is 37.3 Å². The molecule has 0 aromatic heterocycles. The summed E-state index contributed by atoms with van der Waals surface area (Å²) in [6.07, 6.45) is -0.403. The van der Waals surface area contributed by atoms with Gasteiger partial charge >= 0.3 is 5.97 Å². The minimum atomic E-state index is -4.32. The quantitative estimate of drug-likeness (QED) is 0.619. The van der Waals surface area contributed by atoms with E-state index in [-0.39, 0.29) is 16.5 Å². The monoisotopic (exact) mass is 342 g/mol. The van der Waals surface area contributed by atoms with Crippen LogP contribution in [0.25, 0.3) is 0 Å². The molecule has 0 aliphatic carbocycles. The molecule has 0 spiro atoms. The molecule has 0 aliphatic rings. The molecule has 0 heterocycles. The Morgan fingerprint density at radius 3 is 2.30 bits per heavy atom. The molecule has 1 atom stereocenters. The zero-order valence-electron chi connectivity index (χ0n) is 11.0. The number of ether oxygens (including phenoxy) is 1. The molecule has 0 fully saturated rings. The summed E-state index contributed by atoms with van der Waals surface area (Å²) < 4.78 is 41.0. The summed E-state index contributed by atoms with van der Waals surface area (Å²) in [6.45, 7) is 5.37. The Labute approximate surface area is 126 Å². The highest BCUT2D eigenvalue weighted by atomic mass is 35.7. The van der Waals surface area contributed by atoms with Gasteiger partial charge in [-0.25, -0.2) is 17.6 Å². The van der Waals surface area contributed by atoms with Crippen molar-refractivity contribution in [1.82, 2.24) is 0 Å². The van der Waals surface area contributed by atoms with Crippen molar-refractivity contribution in [2.45, 2.75) is 31.8 Å². The van der Waals surface area contributed by atoms with Crippen molar-refractivity contribution in [3.05, 3.63) is 28.5 Å². The maximum absolute atomic E-state index is 13.5. The lowest BCUT2D eigenvalue weighted by Crippen LogP contribution is -2.20. The number of hydrogen-bond acceptors (Lipinski definition) is 4. The Hall–Kier alpha value is -0.850. The standard InChI is InChI=1S/C12H13Cl2FO4S/c1-6(2)7(3)19-12(16)8-4-11(20(14,17)18)10(15)5-9(8)13/h4-7H,1-3H3. The van der Waals surface area contributed by atoms with E-state index in [1.54, 1.807) is 6.92 Å². The summed E-state index contributed by atoms with van der Waals surface area (Å²) in [4.78, 5) is 11.1. The summed E-state index contributed by atoms with van der Waals surface area (Å²) in [5.41, 5.74) is -0.250. The van der Waals surface area contributed by atoms with Crippen molar-refractivity contribution in [2.75, 3.05) is 0 Å². The maximum atomic E-state index is 13.5. The number of halogens is 3. The van der Waals surface area contributed by atoms with E-state index in [0.29, 0.717) is 6.07 Å². The molecule has 4 nitrogen and oxygen atoms in total. The largest absolute Gasteiger partial charge is 0.459 e. The van der Waals surface area contributed by atoms with Crippen molar-refractivity contribution in [1.29, 1.82) is 0 Å². The number of carbonyl (C=O) groups excluding carboxylic acids is 1. The van der Waals surface area contributed by atoms with Crippen LogP contribution in [0.1, 0.15) is 31.1 Å². The topological polar surface area (TPSA) is 60.4 Å². The van der Waals surface area contributed by atoms with Gasteiger partial charge in [0.05, 0.1) is 10.6 Å². The maximum Gasteiger partial charge on any atom is 0.339 e. The van der Waals surface area contributed by atoms with Crippen LogP contribution in [0.3, 0.4) is 0 Å². The van der Waals surface area contributed by atoms with Crippen molar-refractivity contribution < 1.29 is 22.3 Å². The smallest absolute Gasteiger partial charge is 0.339 e. The minimum Gasteiger partial charge on any atom is -0.459 e. The lowest BCUT2D eigenvalue weighted by atomic mass is 10.1. The van der Waals surface area contributed by atoms with E-state index < -0.39 is 31.8 Å². The fraction of sp³-hybridized carbons (Fsp3) is 0.417. The van der Waals surface area contributed by atoms with E-state index in [2.05, 4.69) is 0 Å². The van der Waals surface area contributed by atoms with Crippen molar-refractivity contribution in [3.63, 3.8) is 0 Å². The summed E-state index contributed by atoms with van der Waals surface area (Å²) >= 11 is 5.73. The number of hydrogen-bond donors (Lipinski definition) is 0. The number of benzene rings is 1. The van der Waals surface area contributed by atoms with E-state index in [0.717, 1.165) is 6.07 Å². The first-order chi connectivity index (χ1) is 9.04. The molecule has 8 heteroatoms. The highest BCUT2D eigenvalue weighted by Gasteiger charge is 2.24. The summed E-state index contributed by atoms with van der Waals surface area (Å²) in [5.74, 6) is -1.90. The van der Waals surface area contributed by atoms with Crippen LogP contribution in [0.4, 0.5) is 4.39 Å². The number of esters is 1. The molecule has 0 aliphatic heterocycles. The highest BCUT2D eigenvalue weighted by molar-refractivity contribution is 8.13. The molecule has 112 valence electrons. The third-order valence-electron chi connectivity index (χ3n) is 2.74. The van der Waals surface area contributed by atoms with E-state index in [4.69, 9.17) is 27.0 Å². The van der Waals surface area contributed by atoms with Gasteiger partial charge in [0, 0.05) is 10.7 Å². The number of rotatable bonds is 4. The van der Waals surface area contributed by atoms with Gasteiger partial charge in [0.1, 0.15) is 16.8 Å². The second-order valence-corrected chi connectivity index (χ2v) is 7.50. The highest BCUT2D eigenvalue weighted by Crippen LogP contribution is 2.27. The molecule has 0 saturated heterocycles. The van der Waals surface area contributed by atoms with Crippen LogP contribution < -0.4 is 0 Å². The lowest BCUT2D eigenvalue weighted by Gasteiger charge is -2.17. The van der Waals surface area contributed by atoms with Crippen LogP contribution in [-0.4, -0.2) is 20.5 Å². The van der Waals surface area contributed by atoms with Gasteiger partial charge in [-0.2, -0.15) is 0 Å². The molecular formula is C12H13Cl2FO4S. The van der Waals surface area contributed by atoms with Crippen molar-refractivity contribution in [2.24, 2.45) is 5.92 Å². The second kappa shape index (κ2) is 6.28. The van der Waals surface area contributed by atoms with Crippen LogP contribution in [-0.2, 0) is 13.8 Å². The Bertz CT molecular complexity index is 629. The van der Waals surface area contributed by atoms with Crippen LogP contribution in [0, 0.1) is 11.7 Å². The fourth-order valence-electron chi connectivity index (χ4n) is 1.24. The van der Waals surface area contributed by atoms with E-state index in [1.165, 1.54) is 0 Å². The zero-order chi connectivity index (χ0) is 15.7. The first kappa shape index (κ1) is 17.2. The third-order valence-corrected chi connectivity index (χ3v) is 4.39. The minimum absolute atomic E-state index is 0.0643. The predicted octanol–water partition coefficient (Wildman–Crippen LogP) is 3.61. The first-order valence-electron chi connectivity index (χ1n) is 5.68. The Morgan fingerprint density at radius 1 is 1.30 bits per heavy atom. The summed E-state index contributed by atoms with van der Waals surface area (Å²) in [5, 5.41) is -0.243. The predicted molar refractivity (Wildman–Crippen MR) is 74.2 cm³/mol. The van der Waals surface area contributed by atoms with Crippen LogP contribution in [0.15, 0.2) is 17.0 Å². The van der Waals surface area contributed by atoms with E-state index >= 15 is 0 Å². The van der Waals surface area contributed by atoms with Crippen LogP contribution in [0.5, 0.6) is 0 Å². The Kier molecular flexibility index (Phi) is 5.40. The lowest BCUT2D eigenvalue weighted by molar-refractivity contribution is 0.0238. The Morgan fingerprint density at radius 2 is 1.85 bits per heavy atom. The average Bonchev–Trinajstić information content (AvgIpc) is 2.26. The molecule has 0 saturated carbocycles. The van der Waals surface area contributed by atoms with Gasteiger partial charge < -0.3 is 4.74 Å². The number of carbonyl (C=O) groups is 1. The van der Waals surface area contributed by atoms with Gasteiger partial charge in [-0.15, -0.1) is 0 Å². The average molecular weight is 343 g/mol. The molecule has 0 radical (unpaired) electrons. The van der Waals surface area contributed by atoms with Crippen molar-refractivity contribution in [3.8, 4) is 0 Å². The van der Waals surface area contributed by atoms with Crippen LogP contribution in [0.2, 0.25) is 5.02 Å². The van der Waals surface area contributed by atoms with Gasteiger partial charge in [-0.3, -0.25) is 0 Å². The first-order valence-corrected chi connectivity index (χ1v) is 8.37. The summed E-state index contributed by atoms with van der Waals surface area (Å²) in [6, 6.07) is 1.49.